The smallest absolute Gasteiger partial charge is 0.322 e. The molecule has 0 rings (SSSR count). The zero-order valence-corrected chi connectivity index (χ0v) is 16.3. The lowest BCUT2D eigenvalue weighted by atomic mass is 10.2. The number of ether oxygens (including phenoxy) is 1. The first-order valence-electron chi connectivity index (χ1n) is 7.81. The molecule has 0 aliphatic heterocycles. The van der Waals surface area contributed by atoms with Gasteiger partial charge in [-0.3, -0.25) is 29.7 Å². The first-order valence-corrected chi connectivity index (χ1v) is 10.3. The monoisotopic (exact) mass is 424 g/mol. The summed E-state index contributed by atoms with van der Waals surface area (Å²) >= 11 is 0. The molecule has 0 radical (unpaired) electrons. The van der Waals surface area contributed by atoms with Gasteiger partial charge >= 0.3 is 5.97 Å². The zero-order valence-electron chi connectivity index (χ0n) is 14.7. The predicted molar refractivity (Wildman–Crippen MR) is 101 cm³/mol. The van der Waals surface area contributed by atoms with Crippen molar-refractivity contribution in [2.24, 2.45) is 11.5 Å². The number of aliphatic carboxylic acids is 1. The summed E-state index contributed by atoms with van der Waals surface area (Å²) < 4.78 is 4.46. The number of Topliss-reactive ketones (excluding diaryl/α,β-unsaturated/α-hetero) is 1. The van der Waals surface area contributed by atoms with E-state index in [-0.39, 0.29) is 30.8 Å². The van der Waals surface area contributed by atoms with Crippen LogP contribution >= 0.6 is 21.6 Å². The largest absolute Gasteiger partial charge is 0.480 e. The molecule has 0 fully saturated rings. The Morgan fingerprint density at radius 2 is 1.81 bits per heavy atom. The third-order valence-electron chi connectivity index (χ3n) is 3.04. The van der Waals surface area contributed by atoms with E-state index < -0.39 is 42.6 Å². The highest BCUT2D eigenvalue weighted by Crippen LogP contribution is 2.22. The van der Waals surface area contributed by atoms with Crippen molar-refractivity contribution >= 4 is 51.6 Å². The Hall–Kier alpha value is -1.83. The summed E-state index contributed by atoms with van der Waals surface area (Å²) in [7, 11) is 2.47. The Bertz CT molecular complexity index is 536. The van der Waals surface area contributed by atoms with E-state index in [9.17, 15) is 24.0 Å². The van der Waals surface area contributed by atoms with Gasteiger partial charge < -0.3 is 26.2 Å². The van der Waals surface area contributed by atoms with Crippen molar-refractivity contribution in [2.75, 3.05) is 18.1 Å². The van der Waals surface area contributed by atoms with E-state index in [4.69, 9.17) is 16.6 Å². The van der Waals surface area contributed by atoms with Crippen LogP contribution in [0.5, 0.6) is 0 Å². The van der Waals surface area contributed by atoms with Gasteiger partial charge in [0.1, 0.15) is 18.4 Å². The number of carboxylic acid groups (broad SMARTS) is 1. The van der Waals surface area contributed by atoms with Gasteiger partial charge in [-0.1, -0.05) is 21.6 Å². The van der Waals surface area contributed by atoms with Crippen LogP contribution in [0, 0.1) is 0 Å². The predicted octanol–water partition coefficient (Wildman–Crippen LogP) is -1.79. The number of carbonyl (C=O) groups is 5. The molecule has 0 aromatic heterocycles. The van der Waals surface area contributed by atoms with Crippen LogP contribution in [0.4, 0.5) is 0 Å². The summed E-state index contributed by atoms with van der Waals surface area (Å²) in [6, 6.07) is -1.62. The molecule has 0 saturated heterocycles. The van der Waals surface area contributed by atoms with Crippen LogP contribution in [0.15, 0.2) is 0 Å². The first-order chi connectivity index (χ1) is 12.7. The van der Waals surface area contributed by atoms with E-state index >= 15 is 0 Å². The van der Waals surface area contributed by atoms with E-state index in [1.54, 1.807) is 0 Å². The van der Waals surface area contributed by atoms with Gasteiger partial charge in [-0.25, -0.2) is 0 Å². The van der Waals surface area contributed by atoms with E-state index in [1.807, 2.05) is 0 Å². The first kappa shape index (κ1) is 25.2. The molecule has 0 aromatic rings. The fourth-order valence-electron chi connectivity index (χ4n) is 1.50. The summed E-state index contributed by atoms with van der Waals surface area (Å²) in [4.78, 5) is 55.8. The van der Waals surface area contributed by atoms with Crippen molar-refractivity contribution in [2.45, 2.75) is 38.1 Å². The van der Waals surface area contributed by atoms with Crippen molar-refractivity contribution in [1.29, 1.82) is 0 Å². The minimum Gasteiger partial charge on any atom is -0.480 e. The Morgan fingerprint density at radius 3 is 2.37 bits per heavy atom. The van der Waals surface area contributed by atoms with Crippen LogP contribution in [0.25, 0.3) is 0 Å². The molecule has 2 amide bonds. The Labute approximate surface area is 164 Å². The second kappa shape index (κ2) is 14.3. The third-order valence-corrected chi connectivity index (χ3v) is 5.49. The average Bonchev–Trinajstić information content (AvgIpc) is 2.60. The lowest BCUT2D eigenvalue weighted by Crippen LogP contribution is -2.49. The standard InChI is InChI=1S/C14H24N4O7S2/c1-8(20)9(15)5-26-27-6-10(14(24)17-4-13(22)23)18-12(21)3-2-11(16)25-7-19/h7,9-11H,2-6,15-16H2,1H3,(H,17,24)(H,18,21)(H,22,23). The van der Waals surface area contributed by atoms with Crippen molar-refractivity contribution in [3.63, 3.8) is 0 Å². The topological polar surface area (TPSA) is 191 Å². The fraction of sp³-hybridized carbons (Fsp3) is 0.643. The molecule has 0 bridgehead atoms. The summed E-state index contributed by atoms with van der Waals surface area (Å²) in [5.41, 5.74) is 11.0. The van der Waals surface area contributed by atoms with Crippen LogP contribution in [0.2, 0.25) is 0 Å². The number of ketones is 1. The van der Waals surface area contributed by atoms with Gasteiger partial charge in [0, 0.05) is 24.3 Å². The number of hydrogen-bond acceptors (Lipinski definition) is 10. The summed E-state index contributed by atoms with van der Waals surface area (Å²) in [6.07, 6.45) is -0.973. The molecule has 154 valence electrons. The molecule has 13 heteroatoms. The summed E-state index contributed by atoms with van der Waals surface area (Å²) in [6.45, 7) is 0.956. The minimum atomic E-state index is -1.22. The molecule has 0 aromatic carbocycles. The molecule has 0 saturated carbocycles. The second-order valence-electron chi connectivity index (χ2n) is 5.33. The van der Waals surface area contributed by atoms with Crippen LogP contribution in [0.1, 0.15) is 19.8 Å². The average molecular weight is 425 g/mol. The Balaban J connectivity index is 4.56. The van der Waals surface area contributed by atoms with Gasteiger partial charge in [-0.15, -0.1) is 0 Å². The van der Waals surface area contributed by atoms with Crippen LogP contribution < -0.4 is 22.1 Å². The normalized spacial score (nSPS) is 13.7. The quantitative estimate of drug-likeness (QED) is 0.0863. The third kappa shape index (κ3) is 13.1. The number of nitrogens with two attached hydrogens (primary N) is 2. The Kier molecular flexibility index (Phi) is 13.3. The van der Waals surface area contributed by atoms with Gasteiger partial charge in [0.05, 0.1) is 6.04 Å². The molecule has 3 atom stereocenters. The molecule has 27 heavy (non-hydrogen) atoms. The second-order valence-corrected chi connectivity index (χ2v) is 7.88. The van der Waals surface area contributed by atoms with Gasteiger partial charge in [-0.2, -0.15) is 0 Å². The SMILES string of the molecule is CC(=O)C(N)CSSCC(NC(=O)CCC(N)OC=O)C(=O)NCC(=O)O. The fourth-order valence-corrected chi connectivity index (χ4v) is 3.87. The molecular weight excluding hydrogens is 400 g/mol. The van der Waals surface area contributed by atoms with E-state index in [0.717, 1.165) is 0 Å². The zero-order chi connectivity index (χ0) is 20.8. The maximum Gasteiger partial charge on any atom is 0.322 e. The van der Waals surface area contributed by atoms with Gasteiger partial charge in [0.15, 0.2) is 6.23 Å². The molecule has 7 N–H and O–H groups in total. The Morgan fingerprint density at radius 1 is 1.19 bits per heavy atom. The number of carboxylic acids is 1. The highest BCUT2D eigenvalue weighted by Gasteiger charge is 2.22. The molecule has 3 unspecified atom stereocenters. The maximum absolute atomic E-state index is 12.1. The lowest BCUT2D eigenvalue weighted by Gasteiger charge is -2.18. The lowest BCUT2D eigenvalue weighted by molar-refractivity contribution is -0.138. The number of rotatable bonds is 15. The highest BCUT2D eigenvalue weighted by atomic mass is 33.1. The maximum atomic E-state index is 12.1. The number of amides is 2. The number of hydrogen-bond donors (Lipinski definition) is 5. The minimum absolute atomic E-state index is 0.0589. The van der Waals surface area contributed by atoms with E-state index in [1.165, 1.54) is 28.5 Å². The summed E-state index contributed by atoms with van der Waals surface area (Å²) in [5.74, 6) is -2.11. The summed E-state index contributed by atoms with van der Waals surface area (Å²) in [5, 5.41) is 13.3. The number of carbonyl (C=O) groups excluding carboxylic acids is 4. The van der Waals surface area contributed by atoms with Gasteiger partial charge in [0.25, 0.3) is 6.47 Å². The molecule has 0 aliphatic rings. The van der Waals surface area contributed by atoms with Gasteiger partial charge in [-0.05, 0) is 6.92 Å². The van der Waals surface area contributed by atoms with Crippen molar-refractivity contribution in [3.8, 4) is 0 Å². The van der Waals surface area contributed by atoms with Crippen LogP contribution in [-0.2, 0) is 28.7 Å². The molecule has 0 aliphatic carbocycles. The van der Waals surface area contributed by atoms with Crippen molar-refractivity contribution in [3.05, 3.63) is 0 Å². The van der Waals surface area contributed by atoms with Crippen molar-refractivity contribution < 1.29 is 33.8 Å². The molecule has 0 spiro atoms. The van der Waals surface area contributed by atoms with E-state index in [0.29, 0.717) is 5.75 Å². The molecular formula is C14H24N4O7S2. The van der Waals surface area contributed by atoms with Crippen molar-refractivity contribution in [1.82, 2.24) is 10.6 Å². The molecule has 11 nitrogen and oxygen atoms in total. The van der Waals surface area contributed by atoms with E-state index in [2.05, 4.69) is 15.4 Å². The van der Waals surface area contributed by atoms with Crippen LogP contribution in [0.3, 0.4) is 0 Å². The van der Waals surface area contributed by atoms with Gasteiger partial charge in [0.2, 0.25) is 11.8 Å². The van der Waals surface area contributed by atoms with Crippen LogP contribution in [-0.4, -0.2) is 71.5 Å². The number of nitrogens with one attached hydrogen (secondary N) is 2. The molecule has 0 heterocycles. The highest BCUT2D eigenvalue weighted by molar-refractivity contribution is 8.76.